The van der Waals surface area contributed by atoms with Crippen molar-refractivity contribution in [3.8, 4) is 17.6 Å². The fraction of sp³-hybridized carbons (Fsp3) is 0.400. The molecule has 0 spiro atoms. The molecule has 1 aromatic rings. The van der Waals surface area contributed by atoms with Crippen LogP contribution >= 0.6 is 0 Å². The Morgan fingerprint density at radius 1 is 1.27 bits per heavy atom. The number of nitrogens with zero attached hydrogens (tertiary/aromatic N) is 2. The maximum atomic E-state index is 11.6. The molecule has 0 saturated heterocycles. The molecule has 118 valence electrons. The quantitative estimate of drug-likeness (QED) is 0.794. The number of likely N-dealkylation sites (N-methyl/N-ethyl adjacent to an activating group) is 1. The van der Waals surface area contributed by atoms with Crippen LogP contribution in [0.5, 0.6) is 11.5 Å². The minimum Gasteiger partial charge on any atom is -0.490 e. The number of carbonyl (C=O) groups is 2. The number of amides is 2. The Hall–Kier alpha value is -2.75. The first-order chi connectivity index (χ1) is 10.5. The number of nitrogens with one attached hydrogen (secondary N) is 1. The maximum Gasteiger partial charge on any atom is 0.258 e. The largest absolute Gasteiger partial charge is 0.490 e. The third-order valence-corrected chi connectivity index (χ3v) is 2.67. The molecule has 0 heterocycles. The van der Waals surface area contributed by atoms with Gasteiger partial charge in [0.05, 0.1) is 24.8 Å². The minimum atomic E-state index is -0.415. The summed E-state index contributed by atoms with van der Waals surface area (Å²) in [6.45, 7) is 1.89. The van der Waals surface area contributed by atoms with E-state index in [-0.39, 0.29) is 19.1 Å². The maximum absolute atomic E-state index is 11.6. The van der Waals surface area contributed by atoms with Crippen molar-refractivity contribution in [1.29, 1.82) is 5.26 Å². The van der Waals surface area contributed by atoms with E-state index >= 15 is 0 Å². The highest BCUT2D eigenvalue weighted by atomic mass is 16.5. The van der Waals surface area contributed by atoms with E-state index in [0.717, 1.165) is 0 Å². The molecule has 0 aromatic heterocycles. The zero-order chi connectivity index (χ0) is 16.5. The average Bonchev–Trinajstić information content (AvgIpc) is 2.51. The molecule has 1 aromatic carbocycles. The molecular formula is C15H19N3O4. The highest BCUT2D eigenvalue weighted by Crippen LogP contribution is 2.28. The fourth-order valence-electron chi connectivity index (χ4n) is 1.49. The van der Waals surface area contributed by atoms with Crippen molar-refractivity contribution < 1.29 is 19.1 Å². The Bertz CT molecular complexity index is 579. The van der Waals surface area contributed by atoms with Crippen molar-refractivity contribution in [2.45, 2.75) is 6.92 Å². The van der Waals surface area contributed by atoms with Gasteiger partial charge in [0.25, 0.3) is 5.91 Å². The first-order valence-corrected chi connectivity index (χ1v) is 6.74. The Morgan fingerprint density at radius 3 is 2.59 bits per heavy atom. The molecule has 0 aliphatic carbocycles. The van der Waals surface area contributed by atoms with E-state index in [2.05, 4.69) is 5.32 Å². The molecule has 0 aliphatic rings. The number of carbonyl (C=O) groups excluding carboxylic acids is 2. The molecular weight excluding hydrogens is 286 g/mol. The SMILES string of the molecule is CCOc1cc(C#N)ccc1OCC(=O)NCC(=O)N(C)C. The minimum absolute atomic E-state index is 0.0825. The van der Waals surface area contributed by atoms with Gasteiger partial charge in [-0.1, -0.05) is 0 Å². The topological polar surface area (TPSA) is 91.7 Å². The second-order valence-corrected chi connectivity index (χ2v) is 4.56. The third kappa shape index (κ3) is 5.32. The van der Waals surface area contributed by atoms with Gasteiger partial charge in [0.2, 0.25) is 5.91 Å². The molecule has 1 N–H and O–H groups in total. The number of hydrogen-bond acceptors (Lipinski definition) is 5. The molecule has 0 atom stereocenters. The molecule has 0 unspecified atom stereocenters. The van der Waals surface area contributed by atoms with Crippen molar-refractivity contribution >= 4 is 11.8 Å². The van der Waals surface area contributed by atoms with Gasteiger partial charge in [0, 0.05) is 20.2 Å². The van der Waals surface area contributed by atoms with E-state index in [1.807, 2.05) is 13.0 Å². The van der Waals surface area contributed by atoms with Crippen LogP contribution in [-0.2, 0) is 9.59 Å². The van der Waals surface area contributed by atoms with E-state index < -0.39 is 5.91 Å². The van der Waals surface area contributed by atoms with Crippen LogP contribution in [0.2, 0.25) is 0 Å². The van der Waals surface area contributed by atoms with Gasteiger partial charge >= 0.3 is 0 Å². The fourth-order valence-corrected chi connectivity index (χ4v) is 1.49. The summed E-state index contributed by atoms with van der Waals surface area (Å²) in [5.41, 5.74) is 0.442. The first-order valence-electron chi connectivity index (χ1n) is 6.74. The number of hydrogen-bond donors (Lipinski definition) is 1. The van der Waals surface area contributed by atoms with Gasteiger partial charge in [-0.2, -0.15) is 5.26 Å². The van der Waals surface area contributed by atoms with Crippen LogP contribution in [0, 0.1) is 11.3 Å². The number of benzene rings is 1. The van der Waals surface area contributed by atoms with Gasteiger partial charge in [0.15, 0.2) is 18.1 Å². The van der Waals surface area contributed by atoms with Crippen LogP contribution in [0.1, 0.15) is 12.5 Å². The van der Waals surface area contributed by atoms with Crippen molar-refractivity contribution in [2.75, 3.05) is 33.9 Å². The lowest BCUT2D eigenvalue weighted by molar-refractivity contribution is -0.131. The van der Waals surface area contributed by atoms with Gasteiger partial charge in [-0.3, -0.25) is 9.59 Å². The van der Waals surface area contributed by atoms with E-state index in [1.165, 1.54) is 4.90 Å². The van der Waals surface area contributed by atoms with E-state index in [9.17, 15) is 9.59 Å². The van der Waals surface area contributed by atoms with Crippen LogP contribution in [0.15, 0.2) is 18.2 Å². The molecule has 0 aliphatic heterocycles. The van der Waals surface area contributed by atoms with Crippen LogP contribution in [0.25, 0.3) is 0 Å². The number of rotatable bonds is 7. The van der Waals surface area contributed by atoms with Gasteiger partial charge in [-0.05, 0) is 19.1 Å². The second kappa shape index (κ2) is 8.52. The Kier molecular flexibility index (Phi) is 6.70. The summed E-state index contributed by atoms with van der Waals surface area (Å²) in [7, 11) is 3.21. The standard InChI is InChI=1S/C15H19N3O4/c1-4-21-13-7-11(8-16)5-6-12(13)22-10-14(19)17-9-15(20)18(2)3/h5-7H,4,9-10H2,1-3H3,(H,17,19). The summed E-state index contributed by atoms with van der Waals surface area (Å²) in [4.78, 5) is 24.4. The monoisotopic (exact) mass is 305 g/mol. The summed E-state index contributed by atoms with van der Waals surface area (Å²) in [5, 5.41) is 11.3. The van der Waals surface area contributed by atoms with E-state index in [1.54, 1.807) is 32.3 Å². The first kappa shape index (κ1) is 17.3. The van der Waals surface area contributed by atoms with Crippen molar-refractivity contribution in [1.82, 2.24) is 10.2 Å². The molecule has 0 fully saturated rings. The normalized spacial score (nSPS) is 9.55. The molecule has 22 heavy (non-hydrogen) atoms. The van der Waals surface area contributed by atoms with Gasteiger partial charge in [-0.15, -0.1) is 0 Å². The number of nitriles is 1. The molecule has 0 saturated carbocycles. The predicted molar refractivity (Wildman–Crippen MR) is 79.5 cm³/mol. The smallest absolute Gasteiger partial charge is 0.258 e. The molecule has 0 radical (unpaired) electrons. The van der Waals surface area contributed by atoms with Crippen LogP contribution in [-0.4, -0.2) is 50.6 Å². The van der Waals surface area contributed by atoms with Gasteiger partial charge in [-0.25, -0.2) is 0 Å². The highest BCUT2D eigenvalue weighted by molar-refractivity contribution is 5.85. The Morgan fingerprint density at radius 2 is 2.00 bits per heavy atom. The summed E-state index contributed by atoms with van der Waals surface area (Å²) < 4.78 is 10.7. The molecule has 2 amide bonds. The third-order valence-electron chi connectivity index (χ3n) is 2.67. The summed E-state index contributed by atoms with van der Waals surface area (Å²) in [5.74, 6) is 0.150. The summed E-state index contributed by atoms with van der Waals surface area (Å²) in [6.07, 6.45) is 0. The van der Waals surface area contributed by atoms with Crippen LogP contribution in [0.3, 0.4) is 0 Å². The molecule has 7 heteroatoms. The van der Waals surface area contributed by atoms with Crippen molar-refractivity contribution in [3.63, 3.8) is 0 Å². The lowest BCUT2D eigenvalue weighted by Crippen LogP contribution is -2.38. The number of ether oxygens (including phenoxy) is 2. The summed E-state index contributed by atoms with van der Waals surface area (Å²) >= 11 is 0. The zero-order valence-electron chi connectivity index (χ0n) is 12.9. The Labute approximate surface area is 129 Å². The van der Waals surface area contributed by atoms with Crippen molar-refractivity contribution in [3.05, 3.63) is 23.8 Å². The second-order valence-electron chi connectivity index (χ2n) is 4.56. The van der Waals surface area contributed by atoms with Crippen LogP contribution in [0.4, 0.5) is 0 Å². The Balaban J connectivity index is 2.58. The molecule has 7 nitrogen and oxygen atoms in total. The summed E-state index contributed by atoms with van der Waals surface area (Å²) in [6, 6.07) is 6.70. The average molecular weight is 305 g/mol. The van der Waals surface area contributed by atoms with E-state index in [4.69, 9.17) is 14.7 Å². The van der Waals surface area contributed by atoms with Gasteiger partial charge < -0.3 is 19.7 Å². The lowest BCUT2D eigenvalue weighted by Gasteiger charge is -2.13. The van der Waals surface area contributed by atoms with Gasteiger partial charge in [0.1, 0.15) is 0 Å². The highest BCUT2D eigenvalue weighted by Gasteiger charge is 2.11. The predicted octanol–water partition coefficient (Wildman–Crippen LogP) is 0.540. The molecule has 0 bridgehead atoms. The lowest BCUT2D eigenvalue weighted by atomic mass is 10.2. The van der Waals surface area contributed by atoms with Crippen molar-refractivity contribution in [2.24, 2.45) is 0 Å². The van der Waals surface area contributed by atoms with Crippen LogP contribution < -0.4 is 14.8 Å². The zero-order valence-corrected chi connectivity index (χ0v) is 12.9. The van der Waals surface area contributed by atoms with E-state index in [0.29, 0.717) is 23.7 Å². The molecule has 1 rings (SSSR count).